The second kappa shape index (κ2) is 5.90. The van der Waals surface area contributed by atoms with Crippen LogP contribution >= 0.6 is 15.9 Å². The Bertz CT molecular complexity index is 427. The lowest BCUT2D eigenvalue weighted by atomic mass is 10.1. The third kappa shape index (κ3) is 3.36. The van der Waals surface area contributed by atoms with Gasteiger partial charge in [0.15, 0.2) is 0 Å². The molecule has 4 nitrogen and oxygen atoms in total. The number of rotatable bonds is 4. The van der Waals surface area contributed by atoms with E-state index in [0.717, 1.165) is 6.20 Å². The van der Waals surface area contributed by atoms with Crippen molar-refractivity contribution in [2.75, 3.05) is 12.3 Å². The molecule has 17 heavy (non-hydrogen) atoms. The molecule has 0 unspecified atom stereocenters. The standard InChI is InChI=1S/C10H11BrF2N2O2/c1-2-17-7(16)3-5-8(11)6(14)4-15-9(5)10(12)13/h4,10H,2-3,14H2,1H3. The van der Waals surface area contributed by atoms with Crippen LogP contribution in [0.1, 0.15) is 24.6 Å². The molecule has 0 radical (unpaired) electrons. The second-order valence-electron chi connectivity index (χ2n) is 3.17. The van der Waals surface area contributed by atoms with E-state index in [-0.39, 0.29) is 28.8 Å². The summed E-state index contributed by atoms with van der Waals surface area (Å²) >= 11 is 3.07. The lowest BCUT2D eigenvalue weighted by Crippen LogP contribution is -2.12. The number of carbonyl (C=O) groups is 1. The molecule has 0 aromatic carbocycles. The third-order valence-electron chi connectivity index (χ3n) is 2.00. The molecule has 0 spiro atoms. The monoisotopic (exact) mass is 308 g/mol. The van der Waals surface area contributed by atoms with E-state index in [1.54, 1.807) is 6.92 Å². The average molecular weight is 309 g/mol. The molecule has 0 amide bonds. The van der Waals surface area contributed by atoms with Crippen molar-refractivity contribution in [2.24, 2.45) is 0 Å². The lowest BCUT2D eigenvalue weighted by molar-refractivity contribution is -0.142. The summed E-state index contributed by atoms with van der Waals surface area (Å²) in [4.78, 5) is 14.8. The zero-order valence-electron chi connectivity index (χ0n) is 9.04. The summed E-state index contributed by atoms with van der Waals surface area (Å²) in [6, 6.07) is 0. The van der Waals surface area contributed by atoms with Gasteiger partial charge in [-0.2, -0.15) is 0 Å². The van der Waals surface area contributed by atoms with Gasteiger partial charge >= 0.3 is 5.97 Å². The highest BCUT2D eigenvalue weighted by Crippen LogP contribution is 2.31. The van der Waals surface area contributed by atoms with E-state index in [0.29, 0.717) is 0 Å². The van der Waals surface area contributed by atoms with Gasteiger partial charge in [0, 0.05) is 10.0 Å². The molecular formula is C10H11BrF2N2O2. The maximum absolute atomic E-state index is 12.7. The minimum absolute atomic E-state index is 0.0680. The molecule has 94 valence electrons. The molecule has 1 heterocycles. The molecule has 1 aromatic rings. The first kappa shape index (κ1) is 13.8. The molecule has 2 N–H and O–H groups in total. The number of nitrogen functional groups attached to an aromatic ring is 1. The minimum Gasteiger partial charge on any atom is -0.466 e. The summed E-state index contributed by atoms with van der Waals surface area (Å²) in [6.45, 7) is 1.83. The SMILES string of the molecule is CCOC(=O)Cc1c(C(F)F)ncc(N)c1Br. The maximum atomic E-state index is 12.7. The van der Waals surface area contributed by atoms with Crippen molar-refractivity contribution >= 4 is 27.6 Å². The first-order valence-corrected chi connectivity index (χ1v) is 5.63. The van der Waals surface area contributed by atoms with Crippen molar-refractivity contribution in [3.63, 3.8) is 0 Å². The number of halogens is 3. The van der Waals surface area contributed by atoms with Crippen LogP contribution in [0.15, 0.2) is 10.7 Å². The maximum Gasteiger partial charge on any atom is 0.310 e. The van der Waals surface area contributed by atoms with Crippen LogP contribution < -0.4 is 5.73 Å². The van der Waals surface area contributed by atoms with Crippen LogP contribution in [0.4, 0.5) is 14.5 Å². The molecule has 0 saturated heterocycles. The molecular weight excluding hydrogens is 298 g/mol. The number of hydrogen-bond donors (Lipinski definition) is 1. The molecule has 1 rings (SSSR count). The zero-order valence-corrected chi connectivity index (χ0v) is 10.6. The topological polar surface area (TPSA) is 65.2 Å². The number of carbonyl (C=O) groups excluding carboxylic acids is 1. The molecule has 0 aliphatic carbocycles. The summed E-state index contributed by atoms with van der Waals surface area (Å²) < 4.78 is 30.4. The van der Waals surface area contributed by atoms with Crippen LogP contribution in [0, 0.1) is 0 Å². The largest absolute Gasteiger partial charge is 0.466 e. The van der Waals surface area contributed by atoms with Gasteiger partial charge in [0.25, 0.3) is 6.43 Å². The van der Waals surface area contributed by atoms with E-state index in [1.165, 1.54) is 0 Å². The Kier molecular flexibility index (Phi) is 4.80. The summed E-state index contributed by atoms with van der Waals surface area (Å²) in [7, 11) is 0. The van der Waals surface area contributed by atoms with Gasteiger partial charge < -0.3 is 10.5 Å². The normalized spacial score (nSPS) is 10.6. The Labute approximate surface area is 105 Å². The summed E-state index contributed by atoms with van der Waals surface area (Å²) in [5, 5.41) is 0. The Morgan fingerprint density at radius 2 is 2.29 bits per heavy atom. The fourth-order valence-electron chi connectivity index (χ4n) is 1.27. The van der Waals surface area contributed by atoms with Crippen molar-refractivity contribution in [3.8, 4) is 0 Å². The van der Waals surface area contributed by atoms with Crippen molar-refractivity contribution in [1.29, 1.82) is 0 Å². The number of esters is 1. The Morgan fingerprint density at radius 1 is 1.65 bits per heavy atom. The Balaban J connectivity index is 3.10. The number of pyridine rings is 1. The average Bonchev–Trinajstić information content (AvgIpc) is 2.25. The number of nitrogens with zero attached hydrogens (tertiary/aromatic N) is 1. The highest BCUT2D eigenvalue weighted by Gasteiger charge is 2.21. The van der Waals surface area contributed by atoms with Gasteiger partial charge in [0.1, 0.15) is 5.69 Å². The van der Waals surface area contributed by atoms with Gasteiger partial charge in [0.2, 0.25) is 0 Å². The van der Waals surface area contributed by atoms with Crippen molar-refractivity contribution in [3.05, 3.63) is 21.9 Å². The van der Waals surface area contributed by atoms with Crippen LogP contribution in [0.2, 0.25) is 0 Å². The highest BCUT2D eigenvalue weighted by molar-refractivity contribution is 9.10. The number of aromatic nitrogens is 1. The van der Waals surface area contributed by atoms with Crippen LogP contribution in [-0.4, -0.2) is 17.6 Å². The lowest BCUT2D eigenvalue weighted by Gasteiger charge is -2.11. The predicted octanol–water partition coefficient (Wildman–Crippen LogP) is 2.47. The molecule has 7 heteroatoms. The smallest absolute Gasteiger partial charge is 0.310 e. The van der Waals surface area contributed by atoms with E-state index < -0.39 is 18.1 Å². The summed E-state index contributed by atoms with van der Waals surface area (Å²) in [5.74, 6) is -0.595. The summed E-state index contributed by atoms with van der Waals surface area (Å²) in [6.07, 6.45) is -1.93. The number of anilines is 1. The van der Waals surface area contributed by atoms with Crippen LogP contribution in [0.25, 0.3) is 0 Å². The van der Waals surface area contributed by atoms with Crippen molar-refractivity contribution < 1.29 is 18.3 Å². The van der Waals surface area contributed by atoms with Gasteiger partial charge in [0.05, 0.1) is 24.9 Å². The van der Waals surface area contributed by atoms with Gasteiger partial charge in [-0.1, -0.05) is 0 Å². The fourth-order valence-corrected chi connectivity index (χ4v) is 1.72. The van der Waals surface area contributed by atoms with Gasteiger partial charge in [-0.15, -0.1) is 0 Å². The number of nitrogens with two attached hydrogens (primary N) is 1. The third-order valence-corrected chi connectivity index (χ3v) is 2.94. The summed E-state index contributed by atoms with van der Waals surface area (Å²) in [5.41, 5.74) is 5.34. The molecule has 0 fully saturated rings. The van der Waals surface area contributed by atoms with Crippen LogP contribution in [-0.2, 0) is 16.0 Å². The van der Waals surface area contributed by atoms with Crippen LogP contribution in [0.3, 0.4) is 0 Å². The van der Waals surface area contributed by atoms with E-state index in [4.69, 9.17) is 10.5 Å². The quantitative estimate of drug-likeness (QED) is 0.868. The zero-order chi connectivity index (χ0) is 13.0. The molecule has 0 atom stereocenters. The number of alkyl halides is 2. The first-order chi connectivity index (χ1) is 7.97. The van der Waals surface area contributed by atoms with E-state index in [1.807, 2.05) is 0 Å². The van der Waals surface area contributed by atoms with E-state index >= 15 is 0 Å². The van der Waals surface area contributed by atoms with Crippen LogP contribution in [0.5, 0.6) is 0 Å². The van der Waals surface area contributed by atoms with Crippen molar-refractivity contribution in [2.45, 2.75) is 19.8 Å². The van der Waals surface area contributed by atoms with Crippen molar-refractivity contribution in [1.82, 2.24) is 4.98 Å². The second-order valence-corrected chi connectivity index (χ2v) is 3.97. The first-order valence-electron chi connectivity index (χ1n) is 4.83. The Hall–Kier alpha value is -1.24. The molecule has 0 bridgehead atoms. The minimum atomic E-state index is -2.77. The number of hydrogen-bond acceptors (Lipinski definition) is 4. The van der Waals surface area contributed by atoms with E-state index in [2.05, 4.69) is 20.9 Å². The highest BCUT2D eigenvalue weighted by atomic mass is 79.9. The fraction of sp³-hybridized carbons (Fsp3) is 0.400. The van der Waals surface area contributed by atoms with Gasteiger partial charge in [-0.3, -0.25) is 9.78 Å². The molecule has 0 aliphatic rings. The van der Waals surface area contributed by atoms with Gasteiger partial charge in [-0.05, 0) is 22.9 Å². The number of ether oxygens (including phenoxy) is 1. The molecule has 0 saturated carbocycles. The molecule has 1 aromatic heterocycles. The molecule has 0 aliphatic heterocycles. The Morgan fingerprint density at radius 3 is 2.82 bits per heavy atom. The predicted molar refractivity (Wildman–Crippen MR) is 61.6 cm³/mol. The van der Waals surface area contributed by atoms with Gasteiger partial charge in [-0.25, -0.2) is 8.78 Å². The van der Waals surface area contributed by atoms with E-state index in [9.17, 15) is 13.6 Å².